The molecule has 1 aromatic heterocycles. The fraction of sp³-hybridized carbons (Fsp3) is 0.269. The molecule has 174 valence electrons. The number of nitrogen functional groups attached to an aromatic ring is 1. The summed E-state index contributed by atoms with van der Waals surface area (Å²) in [6.07, 6.45) is 3.19. The molecule has 5 rings (SSSR count). The predicted octanol–water partition coefficient (Wildman–Crippen LogP) is 2.79. The van der Waals surface area contributed by atoms with E-state index in [2.05, 4.69) is 46.2 Å². The predicted molar refractivity (Wildman–Crippen MR) is 134 cm³/mol. The van der Waals surface area contributed by atoms with E-state index in [9.17, 15) is 9.59 Å². The third-order valence-corrected chi connectivity index (χ3v) is 6.72. The van der Waals surface area contributed by atoms with E-state index in [0.29, 0.717) is 23.4 Å². The van der Waals surface area contributed by atoms with E-state index in [1.54, 1.807) is 18.0 Å². The molecule has 8 heteroatoms. The number of rotatable bonds is 5. The molecule has 2 aliphatic heterocycles. The SMILES string of the molecule is C=C(CN1Cc2c(-c3ccc4[nH]nc(C5=CCN(C)CC5)c4c3)ccc(N)c2C1=O)C(=O)NC. The molecule has 0 saturated carbocycles. The van der Waals surface area contributed by atoms with Crippen molar-refractivity contribution in [2.75, 3.05) is 39.5 Å². The van der Waals surface area contributed by atoms with Crippen molar-refractivity contribution in [1.29, 1.82) is 0 Å². The molecule has 0 atom stereocenters. The van der Waals surface area contributed by atoms with Crippen LogP contribution in [0.3, 0.4) is 0 Å². The highest BCUT2D eigenvalue weighted by atomic mass is 16.2. The molecule has 0 radical (unpaired) electrons. The van der Waals surface area contributed by atoms with Crippen LogP contribution in [0.1, 0.15) is 28.0 Å². The fourth-order valence-electron chi connectivity index (χ4n) is 4.79. The molecule has 0 fully saturated rings. The molecule has 0 bridgehead atoms. The number of carbonyl (C=O) groups is 2. The number of aromatic amines is 1. The number of fused-ring (bicyclic) bond motifs is 2. The molecule has 8 nitrogen and oxygen atoms in total. The van der Waals surface area contributed by atoms with Gasteiger partial charge in [-0.1, -0.05) is 24.8 Å². The third kappa shape index (κ3) is 3.66. The summed E-state index contributed by atoms with van der Waals surface area (Å²) >= 11 is 0. The van der Waals surface area contributed by atoms with Gasteiger partial charge in [-0.25, -0.2) is 0 Å². The van der Waals surface area contributed by atoms with Crippen molar-refractivity contribution in [3.8, 4) is 11.1 Å². The van der Waals surface area contributed by atoms with Gasteiger partial charge in [0.15, 0.2) is 0 Å². The first kappa shape index (κ1) is 21.9. The van der Waals surface area contributed by atoms with Crippen molar-refractivity contribution >= 4 is 34.0 Å². The van der Waals surface area contributed by atoms with Crippen LogP contribution in [-0.4, -0.2) is 65.5 Å². The van der Waals surface area contributed by atoms with Crippen LogP contribution in [0.5, 0.6) is 0 Å². The van der Waals surface area contributed by atoms with Crippen LogP contribution in [-0.2, 0) is 11.3 Å². The van der Waals surface area contributed by atoms with Gasteiger partial charge in [0.05, 0.1) is 23.3 Å². The van der Waals surface area contributed by atoms with E-state index in [1.165, 1.54) is 5.57 Å². The Hall–Kier alpha value is -3.91. The summed E-state index contributed by atoms with van der Waals surface area (Å²) in [5, 5.41) is 11.4. The van der Waals surface area contributed by atoms with Gasteiger partial charge >= 0.3 is 0 Å². The summed E-state index contributed by atoms with van der Waals surface area (Å²) in [5.41, 5.74) is 13.5. The minimum absolute atomic E-state index is 0.152. The van der Waals surface area contributed by atoms with E-state index in [0.717, 1.165) is 52.8 Å². The number of amides is 2. The molecule has 2 aromatic carbocycles. The number of nitrogens with two attached hydrogens (primary N) is 1. The van der Waals surface area contributed by atoms with E-state index in [4.69, 9.17) is 5.73 Å². The summed E-state index contributed by atoms with van der Waals surface area (Å²) in [7, 11) is 3.66. The van der Waals surface area contributed by atoms with Gasteiger partial charge in [-0.2, -0.15) is 5.10 Å². The number of H-pyrrole nitrogens is 1. The van der Waals surface area contributed by atoms with Gasteiger partial charge in [0.1, 0.15) is 0 Å². The van der Waals surface area contributed by atoms with Crippen molar-refractivity contribution in [2.24, 2.45) is 0 Å². The van der Waals surface area contributed by atoms with Gasteiger partial charge in [0, 0.05) is 43.3 Å². The van der Waals surface area contributed by atoms with Crippen LogP contribution in [0, 0.1) is 0 Å². The van der Waals surface area contributed by atoms with E-state index in [1.807, 2.05) is 18.2 Å². The van der Waals surface area contributed by atoms with E-state index >= 15 is 0 Å². The first-order valence-corrected chi connectivity index (χ1v) is 11.3. The molecule has 3 heterocycles. The second kappa shape index (κ2) is 8.46. The smallest absolute Gasteiger partial charge is 0.256 e. The van der Waals surface area contributed by atoms with Gasteiger partial charge < -0.3 is 20.9 Å². The Morgan fingerprint density at radius 1 is 1.29 bits per heavy atom. The first-order valence-electron chi connectivity index (χ1n) is 11.3. The van der Waals surface area contributed by atoms with Crippen LogP contribution >= 0.6 is 0 Å². The Morgan fingerprint density at radius 2 is 2.12 bits per heavy atom. The molecular formula is C26H28N6O2. The molecule has 0 saturated heterocycles. The van der Waals surface area contributed by atoms with Crippen molar-refractivity contribution in [3.63, 3.8) is 0 Å². The lowest BCUT2D eigenvalue weighted by molar-refractivity contribution is -0.117. The monoisotopic (exact) mass is 456 g/mol. The number of nitrogens with one attached hydrogen (secondary N) is 2. The minimum Gasteiger partial charge on any atom is -0.398 e. The van der Waals surface area contributed by atoms with Gasteiger partial charge in [-0.05, 0) is 53.9 Å². The highest BCUT2D eigenvalue weighted by Crippen LogP contribution is 2.38. The molecule has 0 aliphatic carbocycles. The lowest BCUT2D eigenvalue weighted by Gasteiger charge is -2.21. The van der Waals surface area contributed by atoms with Crippen molar-refractivity contribution in [2.45, 2.75) is 13.0 Å². The second-order valence-corrected chi connectivity index (χ2v) is 8.97. The Labute approximate surface area is 198 Å². The quantitative estimate of drug-likeness (QED) is 0.404. The lowest BCUT2D eigenvalue weighted by atomic mass is 9.94. The number of carbonyl (C=O) groups excluding carboxylic acids is 2. The lowest BCUT2D eigenvalue weighted by Crippen LogP contribution is -2.31. The van der Waals surface area contributed by atoms with Gasteiger partial charge in [-0.15, -0.1) is 0 Å². The fourth-order valence-corrected chi connectivity index (χ4v) is 4.79. The summed E-state index contributed by atoms with van der Waals surface area (Å²) < 4.78 is 0. The Bertz CT molecular complexity index is 1370. The Kier molecular flexibility index (Phi) is 5.45. The maximum absolute atomic E-state index is 13.2. The number of likely N-dealkylation sites (N-methyl/N-ethyl adjacent to an activating group) is 2. The van der Waals surface area contributed by atoms with Crippen molar-refractivity contribution < 1.29 is 9.59 Å². The number of benzene rings is 2. The molecule has 2 amide bonds. The number of hydrogen-bond acceptors (Lipinski definition) is 5. The molecule has 0 spiro atoms. The van der Waals surface area contributed by atoms with Gasteiger partial charge in [-0.3, -0.25) is 14.7 Å². The summed E-state index contributed by atoms with van der Waals surface area (Å²) in [6.45, 7) is 6.26. The molecule has 0 unspecified atom stereocenters. The summed E-state index contributed by atoms with van der Waals surface area (Å²) in [5.74, 6) is -0.459. The Morgan fingerprint density at radius 3 is 2.85 bits per heavy atom. The molecule has 4 N–H and O–H groups in total. The topological polar surface area (TPSA) is 107 Å². The van der Waals surface area contributed by atoms with Crippen molar-refractivity contribution in [3.05, 3.63) is 65.4 Å². The third-order valence-electron chi connectivity index (χ3n) is 6.72. The average Bonchev–Trinajstić information content (AvgIpc) is 3.40. The van der Waals surface area contributed by atoms with Crippen LogP contribution in [0.4, 0.5) is 5.69 Å². The molecular weight excluding hydrogens is 428 g/mol. The molecule has 3 aromatic rings. The number of nitrogens with zero attached hydrogens (tertiary/aromatic N) is 3. The van der Waals surface area contributed by atoms with E-state index < -0.39 is 0 Å². The molecule has 2 aliphatic rings. The van der Waals surface area contributed by atoms with Crippen LogP contribution in [0.15, 0.2) is 48.6 Å². The number of aromatic nitrogens is 2. The standard InChI is InChI=1S/C26H28N6O2/c1-15(25(33)28-2)13-32-14-20-18(5-6-21(27)23(20)26(32)34)17-4-7-22-19(12-17)24(30-29-22)16-8-10-31(3)11-9-16/h4-8,12H,1,9-11,13-14,27H2,2-3H3,(H,28,33)(H,29,30). The summed E-state index contributed by atoms with van der Waals surface area (Å²) in [6, 6.07) is 9.95. The van der Waals surface area contributed by atoms with Crippen LogP contribution in [0.25, 0.3) is 27.6 Å². The highest BCUT2D eigenvalue weighted by Gasteiger charge is 2.32. The van der Waals surface area contributed by atoms with Gasteiger partial charge in [0.25, 0.3) is 5.91 Å². The van der Waals surface area contributed by atoms with E-state index in [-0.39, 0.29) is 18.4 Å². The summed E-state index contributed by atoms with van der Waals surface area (Å²) in [4.78, 5) is 29.0. The first-order chi connectivity index (χ1) is 16.4. The maximum Gasteiger partial charge on any atom is 0.256 e. The zero-order chi connectivity index (χ0) is 24.0. The largest absolute Gasteiger partial charge is 0.398 e. The maximum atomic E-state index is 13.2. The van der Waals surface area contributed by atoms with Crippen LogP contribution < -0.4 is 11.1 Å². The van der Waals surface area contributed by atoms with Crippen LogP contribution in [0.2, 0.25) is 0 Å². The molecule has 34 heavy (non-hydrogen) atoms. The second-order valence-electron chi connectivity index (χ2n) is 8.97. The van der Waals surface area contributed by atoms with Crippen molar-refractivity contribution in [1.82, 2.24) is 25.3 Å². The normalized spacial score (nSPS) is 16.0. The number of anilines is 1. The van der Waals surface area contributed by atoms with Gasteiger partial charge in [0.2, 0.25) is 5.91 Å². The number of hydrogen-bond donors (Lipinski definition) is 3. The zero-order valence-corrected chi connectivity index (χ0v) is 19.4. The zero-order valence-electron chi connectivity index (χ0n) is 19.4. The Balaban J connectivity index is 1.53. The highest BCUT2D eigenvalue weighted by molar-refractivity contribution is 6.06. The minimum atomic E-state index is -0.280. The average molecular weight is 457 g/mol.